The predicted octanol–water partition coefficient (Wildman–Crippen LogP) is 3.50. The Labute approximate surface area is 159 Å². The van der Waals surface area contributed by atoms with Crippen LogP contribution >= 0.6 is 0 Å². The lowest BCUT2D eigenvalue weighted by Gasteiger charge is -2.33. The largest absolute Gasteiger partial charge is 0.455 e. The fourth-order valence-corrected chi connectivity index (χ4v) is 4.27. The zero-order chi connectivity index (χ0) is 18.8. The smallest absolute Gasteiger partial charge is 0.287 e. The molecule has 1 aliphatic heterocycles. The molecule has 2 aliphatic rings. The Morgan fingerprint density at radius 2 is 2.04 bits per heavy atom. The molecule has 27 heavy (non-hydrogen) atoms. The highest BCUT2D eigenvalue weighted by atomic mass is 16.4. The van der Waals surface area contributed by atoms with Crippen LogP contribution in [0.4, 0.5) is 0 Å². The second-order valence-electron chi connectivity index (χ2n) is 7.66. The van der Waals surface area contributed by atoms with Gasteiger partial charge in [0.15, 0.2) is 11.5 Å². The molecule has 0 bridgehead atoms. The van der Waals surface area contributed by atoms with Crippen molar-refractivity contribution in [3.8, 4) is 0 Å². The quantitative estimate of drug-likeness (QED) is 0.900. The van der Waals surface area contributed by atoms with Gasteiger partial charge in [-0.05, 0) is 38.3 Å². The molecule has 142 valence electrons. The van der Waals surface area contributed by atoms with Gasteiger partial charge in [-0.2, -0.15) is 0 Å². The third-order valence-electron chi connectivity index (χ3n) is 5.60. The number of hydrogen-bond acceptors (Lipinski definition) is 4. The molecular formula is C22H26N2O3. The number of ketones is 1. The minimum absolute atomic E-state index is 0.100. The lowest BCUT2D eigenvalue weighted by Crippen LogP contribution is -2.47. The van der Waals surface area contributed by atoms with Crippen LogP contribution in [-0.4, -0.2) is 35.7 Å². The molecule has 1 amide bonds. The van der Waals surface area contributed by atoms with Crippen molar-refractivity contribution < 1.29 is 14.0 Å². The van der Waals surface area contributed by atoms with Crippen molar-refractivity contribution in [3.63, 3.8) is 0 Å². The van der Waals surface area contributed by atoms with Gasteiger partial charge in [0.2, 0.25) is 0 Å². The first-order valence-corrected chi connectivity index (χ1v) is 9.84. The Balaban J connectivity index is 1.41. The molecular weight excluding hydrogens is 340 g/mol. The standard InChI is InChI=1S/C22H26N2O3/c1-15-20-18(25)10-5-11-19(20)27-21(15)22(26)23-17-9-6-12-24(14-17)13-16-7-3-2-4-8-16/h2-4,7-8,17H,5-6,9-14H2,1H3,(H,23,26). The third kappa shape index (κ3) is 3.83. The Kier molecular flexibility index (Phi) is 5.12. The van der Waals surface area contributed by atoms with Crippen molar-refractivity contribution in [1.29, 1.82) is 0 Å². The van der Waals surface area contributed by atoms with E-state index in [1.165, 1.54) is 5.56 Å². The van der Waals surface area contributed by atoms with Crippen LogP contribution in [0.5, 0.6) is 0 Å². The molecule has 1 aromatic heterocycles. The molecule has 2 aromatic rings. The van der Waals surface area contributed by atoms with Crippen molar-refractivity contribution in [2.45, 2.75) is 51.6 Å². The molecule has 5 nitrogen and oxygen atoms in total. The van der Waals surface area contributed by atoms with Crippen molar-refractivity contribution in [1.82, 2.24) is 10.2 Å². The number of likely N-dealkylation sites (tertiary alicyclic amines) is 1. The summed E-state index contributed by atoms with van der Waals surface area (Å²) in [5, 5.41) is 3.13. The highest BCUT2D eigenvalue weighted by Gasteiger charge is 2.30. The number of fused-ring (bicyclic) bond motifs is 1. The van der Waals surface area contributed by atoms with Crippen LogP contribution in [0.2, 0.25) is 0 Å². The SMILES string of the molecule is Cc1c(C(=O)NC2CCCN(Cc3ccccc3)C2)oc2c1C(=O)CCC2. The highest BCUT2D eigenvalue weighted by Crippen LogP contribution is 2.29. The average molecular weight is 366 g/mol. The number of amides is 1. The molecule has 5 heteroatoms. The number of hydrogen-bond donors (Lipinski definition) is 1. The van der Waals surface area contributed by atoms with E-state index in [1.807, 2.05) is 13.0 Å². The van der Waals surface area contributed by atoms with Crippen LogP contribution in [0.15, 0.2) is 34.7 Å². The van der Waals surface area contributed by atoms with Gasteiger partial charge in [-0.25, -0.2) is 0 Å². The van der Waals surface area contributed by atoms with Crippen LogP contribution in [0, 0.1) is 6.92 Å². The molecule has 0 spiro atoms. The molecule has 1 atom stereocenters. The lowest BCUT2D eigenvalue weighted by atomic mass is 9.94. The van der Waals surface area contributed by atoms with E-state index in [-0.39, 0.29) is 17.7 Å². The Hall–Kier alpha value is -2.40. The Bertz CT molecular complexity index is 841. The molecule has 1 aliphatic carbocycles. The highest BCUT2D eigenvalue weighted by molar-refractivity contribution is 6.03. The van der Waals surface area contributed by atoms with Crippen LogP contribution < -0.4 is 5.32 Å². The maximum Gasteiger partial charge on any atom is 0.287 e. The number of piperidine rings is 1. The number of furan rings is 1. The number of rotatable bonds is 4. The first-order chi connectivity index (χ1) is 13.1. The molecule has 1 aromatic carbocycles. The summed E-state index contributed by atoms with van der Waals surface area (Å²) in [6.07, 6.45) is 4.12. The summed E-state index contributed by atoms with van der Waals surface area (Å²) >= 11 is 0. The number of nitrogens with zero attached hydrogens (tertiary/aromatic N) is 1. The molecule has 1 N–H and O–H groups in total. The van der Waals surface area contributed by atoms with Crippen molar-refractivity contribution in [2.75, 3.05) is 13.1 Å². The van der Waals surface area contributed by atoms with E-state index in [4.69, 9.17) is 4.42 Å². The summed E-state index contributed by atoms with van der Waals surface area (Å²) in [7, 11) is 0. The summed E-state index contributed by atoms with van der Waals surface area (Å²) < 4.78 is 5.79. The summed E-state index contributed by atoms with van der Waals surface area (Å²) in [5.41, 5.74) is 2.63. The summed E-state index contributed by atoms with van der Waals surface area (Å²) in [6, 6.07) is 10.5. The topological polar surface area (TPSA) is 62.6 Å². The molecule has 0 radical (unpaired) electrons. The summed E-state index contributed by atoms with van der Waals surface area (Å²) in [4.78, 5) is 27.3. The second kappa shape index (κ2) is 7.69. The minimum Gasteiger partial charge on any atom is -0.455 e. The molecule has 4 rings (SSSR count). The number of carbonyl (C=O) groups excluding carboxylic acids is 2. The van der Waals surface area contributed by atoms with Gasteiger partial charge >= 0.3 is 0 Å². The van der Waals surface area contributed by atoms with Crippen LogP contribution in [0.1, 0.15) is 63.5 Å². The lowest BCUT2D eigenvalue weighted by molar-refractivity contribution is 0.0868. The first kappa shape index (κ1) is 18.0. The van der Waals surface area contributed by atoms with Crippen LogP contribution in [-0.2, 0) is 13.0 Å². The number of aryl methyl sites for hydroxylation is 1. The van der Waals surface area contributed by atoms with Gasteiger partial charge < -0.3 is 9.73 Å². The van der Waals surface area contributed by atoms with Gasteiger partial charge in [0.25, 0.3) is 5.91 Å². The van der Waals surface area contributed by atoms with Crippen LogP contribution in [0.3, 0.4) is 0 Å². The Morgan fingerprint density at radius 1 is 1.22 bits per heavy atom. The average Bonchev–Trinajstić information content (AvgIpc) is 3.01. The van der Waals surface area contributed by atoms with Gasteiger partial charge in [0.05, 0.1) is 5.56 Å². The molecule has 0 saturated carbocycles. The fourth-order valence-electron chi connectivity index (χ4n) is 4.27. The molecule has 2 heterocycles. The van der Waals surface area contributed by atoms with E-state index in [9.17, 15) is 9.59 Å². The maximum atomic E-state index is 12.8. The third-order valence-corrected chi connectivity index (χ3v) is 5.60. The maximum absolute atomic E-state index is 12.8. The minimum atomic E-state index is -0.193. The molecule has 1 unspecified atom stereocenters. The second-order valence-corrected chi connectivity index (χ2v) is 7.66. The van der Waals surface area contributed by atoms with Gasteiger partial charge in [-0.15, -0.1) is 0 Å². The number of nitrogens with one attached hydrogen (secondary N) is 1. The fraction of sp³-hybridized carbons (Fsp3) is 0.455. The van der Waals surface area contributed by atoms with Crippen molar-refractivity contribution >= 4 is 11.7 Å². The van der Waals surface area contributed by atoms with E-state index in [1.54, 1.807) is 0 Å². The summed E-state index contributed by atoms with van der Waals surface area (Å²) in [6.45, 7) is 4.60. The van der Waals surface area contributed by atoms with Gasteiger partial charge in [-0.1, -0.05) is 30.3 Å². The normalized spacial score (nSPS) is 20.3. The monoisotopic (exact) mass is 366 g/mol. The summed E-state index contributed by atoms with van der Waals surface area (Å²) in [5.74, 6) is 0.906. The van der Waals surface area contributed by atoms with Gasteiger partial charge in [0.1, 0.15) is 5.76 Å². The van der Waals surface area contributed by atoms with E-state index in [2.05, 4.69) is 34.5 Å². The first-order valence-electron chi connectivity index (χ1n) is 9.84. The zero-order valence-electron chi connectivity index (χ0n) is 15.8. The van der Waals surface area contributed by atoms with Gasteiger partial charge in [-0.3, -0.25) is 14.5 Å². The zero-order valence-corrected chi connectivity index (χ0v) is 15.8. The molecule has 1 fully saturated rings. The number of Topliss-reactive ketones (excluding diaryl/α,β-unsaturated/α-hetero) is 1. The van der Waals surface area contributed by atoms with E-state index in [0.717, 1.165) is 45.3 Å². The van der Waals surface area contributed by atoms with E-state index in [0.29, 0.717) is 29.1 Å². The van der Waals surface area contributed by atoms with E-state index < -0.39 is 0 Å². The van der Waals surface area contributed by atoms with Crippen molar-refractivity contribution in [3.05, 3.63) is 58.5 Å². The number of carbonyl (C=O) groups is 2. The predicted molar refractivity (Wildman–Crippen MR) is 103 cm³/mol. The number of benzene rings is 1. The molecule has 1 saturated heterocycles. The Morgan fingerprint density at radius 3 is 2.81 bits per heavy atom. The van der Waals surface area contributed by atoms with E-state index >= 15 is 0 Å². The van der Waals surface area contributed by atoms with Crippen LogP contribution in [0.25, 0.3) is 0 Å². The van der Waals surface area contributed by atoms with Gasteiger partial charge in [0, 0.05) is 37.5 Å². The van der Waals surface area contributed by atoms with Crippen molar-refractivity contribution in [2.24, 2.45) is 0 Å².